The van der Waals surface area contributed by atoms with Crippen LogP contribution in [0.4, 0.5) is 5.69 Å². The fourth-order valence-corrected chi connectivity index (χ4v) is 3.59. The van der Waals surface area contributed by atoms with Crippen LogP contribution in [-0.2, 0) is 0 Å². The molecule has 1 N–H and O–H groups in total. The second kappa shape index (κ2) is 5.38. The van der Waals surface area contributed by atoms with Crippen molar-refractivity contribution in [2.45, 2.75) is 44.6 Å². The molecule has 3 rings (SSSR count). The number of pyridine rings is 1. The van der Waals surface area contributed by atoms with Crippen LogP contribution in [0.2, 0.25) is 5.15 Å². The summed E-state index contributed by atoms with van der Waals surface area (Å²) in [5.74, 6) is 1.96. The average molecular weight is 330 g/mol. The van der Waals surface area contributed by atoms with E-state index in [9.17, 15) is 0 Å². The molecule has 2 saturated carbocycles. The molecule has 0 aliphatic heterocycles. The summed E-state index contributed by atoms with van der Waals surface area (Å²) in [6.07, 6.45) is 9.97. The van der Waals surface area contributed by atoms with Gasteiger partial charge in [0.05, 0.1) is 5.69 Å². The zero-order chi connectivity index (χ0) is 12.5. The molecule has 0 bridgehead atoms. The second-order valence-electron chi connectivity index (χ2n) is 5.60. The van der Waals surface area contributed by atoms with Gasteiger partial charge in [0.2, 0.25) is 0 Å². The zero-order valence-electron chi connectivity index (χ0n) is 10.3. The van der Waals surface area contributed by atoms with E-state index in [-0.39, 0.29) is 0 Å². The van der Waals surface area contributed by atoms with E-state index in [0.717, 1.165) is 22.0 Å². The molecule has 2 atom stereocenters. The van der Waals surface area contributed by atoms with Gasteiger partial charge in [0.1, 0.15) is 0 Å². The van der Waals surface area contributed by atoms with E-state index in [1.54, 1.807) is 6.20 Å². The van der Waals surface area contributed by atoms with E-state index in [0.29, 0.717) is 11.2 Å². The third kappa shape index (κ3) is 3.00. The molecular formula is C14H18BrClN2. The van der Waals surface area contributed by atoms with Gasteiger partial charge in [-0.3, -0.25) is 0 Å². The lowest BCUT2D eigenvalue weighted by Crippen LogP contribution is -2.28. The Labute approximate surface area is 122 Å². The Kier molecular flexibility index (Phi) is 3.81. The number of halogens is 2. The van der Waals surface area contributed by atoms with Gasteiger partial charge in [-0.1, -0.05) is 24.4 Å². The number of rotatable bonds is 3. The first kappa shape index (κ1) is 12.7. The van der Waals surface area contributed by atoms with Crippen molar-refractivity contribution in [3.63, 3.8) is 0 Å². The molecule has 1 aromatic rings. The number of hydrogen-bond donors (Lipinski definition) is 1. The molecule has 0 spiro atoms. The van der Waals surface area contributed by atoms with Crippen LogP contribution in [0.25, 0.3) is 0 Å². The van der Waals surface area contributed by atoms with Crippen LogP contribution < -0.4 is 5.32 Å². The summed E-state index contributed by atoms with van der Waals surface area (Å²) in [4.78, 5) is 4.17. The highest BCUT2D eigenvalue weighted by molar-refractivity contribution is 9.10. The minimum Gasteiger partial charge on any atom is -0.380 e. The zero-order valence-corrected chi connectivity index (χ0v) is 12.7. The number of nitrogens with one attached hydrogen (secondary N) is 1. The fourth-order valence-electron chi connectivity index (χ4n) is 3.10. The van der Waals surface area contributed by atoms with Crippen molar-refractivity contribution in [2.75, 3.05) is 5.32 Å². The van der Waals surface area contributed by atoms with E-state index in [1.165, 1.54) is 38.5 Å². The smallest absolute Gasteiger partial charge is 0.152 e. The van der Waals surface area contributed by atoms with Crippen LogP contribution in [0.15, 0.2) is 16.7 Å². The molecule has 2 fully saturated rings. The van der Waals surface area contributed by atoms with E-state index in [4.69, 9.17) is 11.6 Å². The second-order valence-corrected chi connectivity index (χ2v) is 6.87. The monoisotopic (exact) mass is 328 g/mol. The topological polar surface area (TPSA) is 24.9 Å². The maximum atomic E-state index is 6.13. The predicted molar refractivity (Wildman–Crippen MR) is 79.0 cm³/mol. The van der Waals surface area contributed by atoms with Gasteiger partial charge in [-0.15, -0.1) is 0 Å². The molecular weight excluding hydrogens is 312 g/mol. The number of hydrogen-bond acceptors (Lipinski definition) is 2. The van der Waals surface area contributed by atoms with Gasteiger partial charge < -0.3 is 5.32 Å². The molecule has 0 saturated heterocycles. The Hall–Kier alpha value is -0.280. The van der Waals surface area contributed by atoms with Crippen LogP contribution in [0, 0.1) is 11.8 Å². The molecule has 2 nitrogen and oxygen atoms in total. The Balaban J connectivity index is 1.65. The van der Waals surface area contributed by atoms with Gasteiger partial charge in [0, 0.05) is 16.7 Å². The third-order valence-electron chi connectivity index (χ3n) is 4.17. The molecule has 4 heteroatoms. The van der Waals surface area contributed by atoms with Crippen molar-refractivity contribution in [1.29, 1.82) is 0 Å². The summed E-state index contributed by atoms with van der Waals surface area (Å²) in [7, 11) is 0. The normalized spacial score (nSPS) is 28.1. The van der Waals surface area contributed by atoms with Crippen molar-refractivity contribution in [2.24, 2.45) is 11.8 Å². The lowest BCUT2D eigenvalue weighted by molar-refractivity contribution is 0.303. The molecule has 98 valence electrons. The minimum absolute atomic E-state index is 0.568. The van der Waals surface area contributed by atoms with Crippen molar-refractivity contribution in [3.8, 4) is 0 Å². The number of anilines is 1. The highest BCUT2D eigenvalue weighted by Gasteiger charge is 2.34. The Morgan fingerprint density at radius 2 is 2.06 bits per heavy atom. The summed E-state index contributed by atoms with van der Waals surface area (Å²) in [6.45, 7) is 0. The Morgan fingerprint density at radius 1 is 1.22 bits per heavy atom. The van der Waals surface area contributed by atoms with Gasteiger partial charge in [-0.05, 0) is 59.5 Å². The van der Waals surface area contributed by atoms with Gasteiger partial charge in [0.15, 0.2) is 5.15 Å². The first-order valence-corrected chi connectivity index (χ1v) is 7.97. The highest BCUT2D eigenvalue weighted by atomic mass is 79.9. The number of nitrogens with zero attached hydrogens (tertiary/aromatic N) is 1. The molecule has 1 aromatic heterocycles. The van der Waals surface area contributed by atoms with Crippen molar-refractivity contribution < 1.29 is 0 Å². The molecule has 1 heterocycles. The summed E-state index contributed by atoms with van der Waals surface area (Å²) in [5, 5.41) is 4.15. The Bertz CT molecular complexity index is 434. The Morgan fingerprint density at radius 3 is 2.83 bits per heavy atom. The maximum absolute atomic E-state index is 6.13. The van der Waals surface area contributed by atoms with E-state index in [1.807, 2.05) is 6.07 Å². The van der Waals surface area contributed by atoms with Gasteiger partial charge in [-0.2, -0.15) is 0 Å². The van der Waals surface area contributed by atoms with Crippen LogP contribution in [0.1, 0.15) is 38.5 Å². The van der Waals surface area contributed by atoms with Gasteiger partial charge in [-0.25, -0.2) is 4.98 Å². The predicted octanol–water partition coefficient (Wildman–Crippen LogP) is 4.88. The largest absolute Gasteiger partial charge is 0.380 e. The van der Waals surface area contributed by atoms with Crippen molar-refractivity contribution in [1.82, 2.24) is 4.98 Å². The number of aromatic nitrogens is 1. The van der Waals surface area contributed by atoms with E-state index >= 15 is 0 Å². The van der Waals surface area contributed by atoms with Crippen molar-refractivity contribution in [3.05, 3.63) is 21.9 Å². The molecule has 2 unspecified atom stereocenters. The fraction of sp³-hybridized carbons (Fsp3) is 0.643. The average Bonchev–Trinajstić information content (AvgIpc) is 3.18. The first-order valence-electron chi connectivity index (χ1n) is 6.80. The van der Waals surface area contributed by atoms with Crippen molar-refractivity contribution >= 4 is 33.2 Å². The van der Waals surface area contributed by atoms with E-state index in [2.05, 4.69) is 26.2 Å². The van der Waals surface area contributed by atoms with Crippen LogP contribution in [0.5, 0.6) is 0 Å². The lowest BCUT2D eigenvalue weighted by Gasteiger charge is -2.30. The highest BCUT2D eigenvalue weighted by Crippen LogP contribution is 2.44. The first-order chi connectivity index (χ1) is 8.72. The summed E-state index contributed by atoms with van der Waals surface area (Å²) in [6, 6.07) is 2.59. The van der Waals surface area contributed by atoms with Crippen LogP contribution >= 0.6 is 27.5 Å². The quantitative estimate of drug-likeness (QED) is 0.800. The molecule has 0 aromatic carbocycles. The van der Waals surface area contributed by atoms with Crippen LogP contribution in [-0.4, -0.2) is 11.0 Å². The molecule has 2 aliphatic carbocycles. The third-order valence-corrected chi connectivity index (χ3v) is 4.90. The summed E-state index contributed by atoms with van der Waals surface area (Å²) in [5.41, 5.74) is 0.965. The lowest BCUT2D eigenvalue weighted by atomic mass is 9.82. The van der Waals surface area contributed by atoms with E-state index < -0.39 is 0 Å². The summed E-state index contributed by atoms with van der Waals surface area (Å²) >= 11 is 9.58. The maximum Gasteiger partial charge on any atom is 0.152 e. The summed E-state index contributed by atoms with van der Waals surface area (Å²) < 4.78 is 0.976. The van der Waals surface area contributed by atoms with Crippen LogP contribution in [0.3, 0.4) is 0 Å². The standard InChI is InChI=1S/C14H18BrClN2/c15-11-7-13(14(16)17-8-11)18-12-3-1-2-10(6-12)9-4-5-9/h7-10,12,18H,1-6H2. The SMILES string of the molecule is Clc1ncc(Br)cc1NC1CCCC(C2CC2)C1. The molecule has 2 aliphatic rings. The molecule has 0 amide bonds. The molecule has 18 heavy (non-hydrogen) atoms. The molecule has 0 radical (unpaired) electrons. The van der Waals surface area contributed by atoms with Gasteiger partial charge in [0.25, 0.3) is 0 Å². The van der Waals surface area contributed by atoms with Gasteiger partial charge >= 0.3 is 0 Å². The minimum atomic E-state index is 0.568.